The Labute approximate surface area is 185 Å². The van der Waals surface area contributed by atoms with Gasteiger partial charge in [-0.1, -0.05) is 60.8 Å². The summed E-state index contributed by atoms with van der Waals surface area (Å²) in [6.07, 6.45) is 1.30. The number of rotatable bonds is 7. The predicted molar refractivity (Wildman–Crippen MR) is 116 cm³/mol. The van der Waals surface area contributed by atoms with Crippen molar-refractivity contribution in [3.63, 3.8) is 0 Å². The largest absolute Gasteiger partial charge is 0.488 e. The highest BCUT2D eigenvalue weighted by molar-refractivity contribution is 6.35. The number of nitrogens with one attached hydrogen (secondary N) is 2. The van der Waals surface area contributed by atoms with Gasteiger partial charge in [0.05, 0.1) is 18.7 Å². The number of allylic oxidation sites excluding steroid dienone is 1. The highest BCUT2D eigenvalue weighted by Crippen LogP contribution is 2.35. The summed E-state index contributed by atoms with van der Waals surface area (Å²) in [6, 6.07) is 11.3. The number of carbonyl (C=O) groups is 2. The van der Waals surface area contributed by atoms with Crippen LogP contribution in [0.3, 0.4) is 0 Å². The first-order valence-electron chi connectivity index (χ1n) is 9.49. The van der Waals surface area contributed by atoms with Crippen molar-refractivity contribution in [2.75, 3.05) is 7.11 Å². The summed E-state index contributed by atoms with van der Waals surface area (Å²) in [5.41, 5.74) is 2.32. The van der Waals surface area contributed by atoms with Gasteiger partial charge in [-0.25, -0.2) is 9.59 Å². The summed E-state index contributed by atoms with van der Waals surface area (Å²) in [4.78, 5) is 24.8. The van der Waals surface area contributed by atoms with Crippen LogP contribution in [0.1, 0.15) is 36.9 Å². The molecule has 0 spiro atoms. The highest BCUT2D eigenvalue weighted by Gasteiger charge is 2.34. The molecule has 3 rings (SSSR count). The van der Waals surface area contributed by atoms with Crippen LogP contribution >= 0.6 is 23.2 Å². The van der Waals surface area contributed by atoms with Crippen LogP contribution in [0.4, 0.5) is 4.79 Å². The first-order valence-corrected chi connectivity index (χ1v) is 10.2. The van der Waals surface area contributed by atoms with E-state index in [9.17, 15) is 9.59 Å². The number of amides is 2. The zero-order valence-corrected chi connectivity index (χ0v) is 18.1. The lowest BCUT2D eigenvalue weighted by Gasteiger charge is -2.30. The minimum absolute atomic E-state index is 0.199. The molecule has 0 fully saturated rings. The maximum absolute atomic E-state index is 12.6. The molecule has 2 aromatic rings. The minimum atomic E-state index is -0.704. The lowest BCUT2D eigenvalue weighted by Crippen LogP contribution is -2.46. The molecule has 0 saturated heterocycles. The molecule has 1 aliphatic rings. The first-order chi connectivity index (χ1) is 14.4. The zero-order valence-electron chi connectivity index (χ0n) is 16.6. The molecule has 2 N–H and O–H groups in total. The molecule has 8 heteroatoms. The Kier molecular flexibility index (Phi) is 7.24. The smallest absolute Gasteiger partial charge is 0.337 e. The second-order valence-electron chi connectivity index (χ2n) is 6.73. The number of halogens is 2. The molecule has 1 aliphatic heterocycles. The molecule has 30 heavy (non-hydrogen) atoms. The average Bonchev–Trinajstić information content (AvgIpc) is 2.72. The summed E-state index contributed by atoms with van der Waals surface area (Å²) in [7, 11) is 1.32. The van der Waals surface area contributed by atoms with Crippen molar-refractivity contribution in [3.8, 4) is 5.75 Å². The van der Waals surface area contributed by atoms with Gasteiger partial charge in [0.2, 0.25) is 0 Å². The Hall–Kier alpha value is -2.70. The molecular weight excluding hydrogens is 427 g/mol. The average molecular weight is 449 g/mol. The van der Waals surface area contributed by atoms with E-state index in [1.165, 1.54) is 7.11 Å². The standard InChI is InChI=1S/C22H22Cl2N2O4/c1-3-6-17-19(21(27)29-2)20(26-22(28)25-17)15-7-4-5-8-18(15)30-12-13-9-10-14(23)11-16(13)24/h4-5,7-11,20H,3,6,12H2,1-2H3,(H2,25,26,28). The molecule has 6 nitrogen and oxygen atoms in total. The number of urea groups is 1. The Morgan fingerprint density at radius 3 is 2.63 bits per heavy atom. The number of esters is 1. The number of methoxy groups -OCH3 is 1. The van der Waals surface area contributed by atoms with E-state index in [4.69, 9.17) is 32.7 Å². The molecule has 0 saturated carbocycles. The minimum Gasteiger partial charge on any atom is -0.488 e. The van der Waals surface area contributed by atoms with Gasteiger partial charge in [-0.15, -0.1) is 0 Å². The third-order valence-corrected chi connectivity index (χ3v) is 5.27. The lowest BCUT2D eigenvalue weighted by molar-refractivity contribution is -0.136. The van der Waals surface area contributed by atoms with Gasteiger partial charge >= 0.3 is 12.0 Å². The van der Waals surface area contributed by atoms with E-state index in [0.717, 1.165) is 12.0 Å². The van der Waals surface area contributed by atoms with Crippen molar-refractivity contribution in [1.29, 1.82) is 0 Å². The van der Waals surface area contributed by atoms with Gasteiger partial charge in [-0.05, 0) is 24.6 Å². The third kappa shape index (κ3) is 4.89. The van der Waals surface area contributed by atoms with E-state index in [2.05, 4.69) is 10.6 Å². The van der Waals surface area contributed by atoms with E-state index in [1.54, 1.807) is 24.3 Å². The predicted octanol–water partition coefficient (Wildman–Crippen LogP) is 5.15. The summed E-state index contributed by atoms with van der Waals surface area (Å²) in [5, 5.41) is 6.58. The van der Waals surface area contributed by atoms with Crippen LogP contribution in [0.5, 0.6) is 5.75 Å². The van der Waals surface area contributed by atoms with Crippen LogP contribution in [0.25, 0.3) is 0 Å². The van der Waals surface area contributed by atoms with Crippen molar-refractivity contribution in [3.05, 3.63) is 74.9 Å². The highest BCUT2D eigenvalue weighted by atomic mass is 35.5. The van der Waals surface area contributed by atoms with Gasteiger partial charge in [0.25, 0.3) is 0 Å². The van der Waals surface area contributed by atoms with E-state index in [1.807, 2.05) is 25.1 Å². The van der Waals surface area contributed by atoms with Crippen LogP contribution < -0.4 is 15.4 Å². The second-order valence-corrected chi connectivity index (χ2v) is 7.57. The van der Waals surface area contributed by atoms with Crippen molar-refractivity contribution in [2.45, 2.75) is 32.4 Å². The molecule has 158 valence electrons. The first kappa shape index (κ1) is 22.0. The fraction of sp³-hybridized carbons (Fsp3) is 0.273. The summed E-state index contributed by atoms with van der Waals surface area (Å²) in [5.74, 6) is 0.0134. The van der Waals surface area contributed by atoms with Gasteiger partial charge < -0.3 is 20.1 Å². The number of hydrogen-bond acceptors (Lipinski definition) is 4. The molecule has 1 atom stereocenters. The maximum atomic E-state index is 12.6. The molecule has 0 radical (unpaired) electrons. The summed E-state index contributed by atoms with van der Waals surface area (Å²) >= 11 is 12.2. The van der Waals surface area contributed by atoms with E-state index >= 15 is 0 Å². The Balaban J connectivity index is 1.97. The molecule has 2 amide bonds. The molecule has 0 bridgehead atoms. The van der Waals surface area contributed by atoms with Crippen LogP contribution in [-0.4, -0.2) is 19.1 Å². The van der Waals surface area contributed by atoms with Gasteiger partial charge in [-0.3, -0.25) is 0 Å². The third-order valence-electron chi connectivity index (χ3n) is 4.69. The second kappa shape index (κ2) is 9.87. The van der Waals surface area contributed by atoms with Crippen LogP contribution in [0, 0.1) is 0 Å². The van der Waals surface area contributed by atoms with E-state index in [0.29, 0.717) is 39.0 Å². The molecule has 1 heterocycles. The quantitative estimate of drug-likeness (QED) is 0.573. The molecular formula is C22H22Cl2N2O4. The maximum Gasteiger partial charge on any atom is 0.337 e. The number of ether oxygens (including phenoxy) is 2. The van der Waals surface area contributed by atoms with Gasteiger partial charge in [0.15, 0.2) is 0 Å². The van der Waals surface area contributed by atoms with Gasteiger partial charge in [0.1, 0.15) is 12.4 Å². The molecule has 0 aliphatic carbocycles. The SMILES string of the molecule is CCCC1=C(C(=O)OC)C(c2ccccc2OCc2ccc(Cl)cc2Cl)NC(=O)N1. The van der Waals surface area contributed by atoms with Crippen LogP contribution in [0.15, 0.2) is 53.7 Å². The monoisotopic (exact) mass is 448 g/mol. The van der Waals surface area contributed by atoms with Crippen molar-refractivity contribution in [2.24, 2.45) is 0 Å². The van der Waals surface area contributed by atoms with Gasteiger partial charge in [0, 0.05) is 26.9 Å². The fourth-order valence-electron chi connectivity index (χ4n) is 3.29. The van der Waals surface area contributed by atoms with E-state index in [-0.39, 0.29) is 12.6 Å². The number of benzene rings is 2. The topological polar surface area (TPSA) is 76.7 Å². The number of carbonyl (C=O) groups excluding carboxylic acids is 2. The Bertz CT molecular complexity index is 991. The van der Waals surface area contributed by atoms with Crippen LogP contribution in [0.2, 0.25) is 10.0 Å². The summed E-state index contributed by atoms with van der Waals surface area (Å²) < 4.78 is 11.0. The van der Waals surface area contributed by atoms with Gasteiger partial charge in [-0.2, -0.15) is 0 Å². The summed E-state index contributed by atoms with van der Waals surface area (Å²) in [6.45, 7) is 2.17. The van der Waals surface area contributed by atoms with Crippen molar-refractivity contribution in [1.82, 2.24) is 10.6 Å². The van der Waals surface area contributed by atoms with Crippen molar-refractivity contribution < 1.29 is 19.1 Å². The molecule has 1 unspecified atom stereocenters. The Morgan fingerprint density at radius 2 is 1.93 bits per heavy atom. The fourth-order valence-corrected chi connectivity index (χ4v) is 3.76. The number of para-hydroxylation sites is 1. The zero-order chi connectivity index (χ0) is 21.7. The van der Waals surface area contributed by atoms with Crippen molar-refractivity contribution >= 4 is 35.2 Å². The van der Waals surface area contributed by atoms with E-state index < -0.39 is 12.0 Å². The molecule has 2 aromatic carbocycles. The lowest BCUT2D eigenvalue weighted by atomic mass is 9.93. The van der Waals surface area contributed by atoms with Crippen LogP contribution in [-0.2, 0) is 16.1 Å². The molecule has 0 aromatic heterocycles. The normalized spacial score (nSPS) is 16.0. The number of hydrogen-bond donors (Lipinski definition) is 2. The Morgan fingerprint density at radius 1 is 1.17 bits per heavy atom.